The van der Waals surface area contributed by atoms with Gasteiger partial charge in [-0.1, -0.05) is 11.3 Å². The maximum atomic E-state index is 13.6. The Morgan fingerprint density at radius 2 is 1.93 bits per heavy atom. The molecule has 28 heavy (non-hydrogen) atoms. The number of nitrogens with one attached hydrogen (secondary N) is 1. The highest BCUT2D eigenvalue weighted by Gasteiger charge is 2.34. The molecule has 0 amide bonds. The Morgan fingerprint density at radius 1 is 1.14 bits per heavy atom. The summed E-state index contributed by atoms with van der Waals surface area (Å²) in [4.78, 5) is 6.30. The number of hydrogen-bond donors (Lipinski definition) is 1. The van der Waals surface area contributed by atoms with Gasteiger partial charge in [0.25, 0.3) is 0 Å². The molecule has 0 saturated carbocycles. The van der Waals surface area contributed by atoms with Crippen LogP contribution in [0.2, 0.25) is 0 Å². The molecule has 4 heterocycles. The number of thiazole rings is 1. The minimum atomic E-state index is -4.46. The first-order chi connectivity index (χ1) is 13.4. The zero-order chi connectivity index (χ0) is 19.5. The van der Waals surface area contributed by atoms with Gasteiger partial charge in [0.15, 0.2) is 4.96 Å². The summed E-state index contributed by atoms with van der Waals surface area (Å²) in [5.74, 6) is 0.445. The van der Waals surface area contributed by atoms with E-state index in [0.29, 0.717) is 16.9 Å². The molecular formula is C19H18F3N5S. The molecule has 9 heteroatoms. The van der Waals surface area contributed by atoms with Gasteiger partial charge in [-0.05, 0) is 43.6 Å². The van der Waals surface area contributed by atoms with E-state index in [1.165, 1.54) is 22.1 Å². The van der Waals surface area contributed by atoms with Gasteiger partial charge in [0.05, 0.1) is 16.1 Å². The molecule has 1 aromatic carbocycles. The Morgan fingerprint density at radius 3 is 2.64 bits per heavy atom. The Labute approximate surface area is 162 Å². The van der Waals surface area contributed by atoms with E-state index in [-0.39, 0.29) is 5.52 Å². The normalized spacial score (nSPS) is 16.4. The number of fused-ring (bicyclic) bond motifs is 2. The first kappa shape index (κ1) is 17.7. The molecule has 1 saturated heterocycles. The average Bonchev–Trinajstić information content (AvgIpc) is 3.32. The number of halogens is 3. The van der Waals surface area contributed by atoms with Gasteiger partial charge >= 0.3 is 6.18 Å². The van der Waals surface area contributed by atoms with Crippen molar-refractivity contribution < 1.29 is 13.2 Å². The van der Waals surface area contributed by atoms with Crippen LogP contribution in [0.1, 0.15) is 30.0 Å². The number of hydrogen-bond acceptors (Lipinski definition) is 4. The highest BCUT2D eigenvalue weighted by atomic mass is 32.1. The van der Waals surface area contributed by atoms with E-state index >= 15 is 0 Å². The van der Waals surface area contributed by atoms with E-state index in [9.17, 15) is 13.2 Å². The molecule has 146 valence electrons. The summed E-state index contributed by atoms with van der Waals surface area (Å²) in [6, 6.07) is 2.95. The van der Waals surface area contributed by atoms with Crippen LogP contribution in [0.15, 0.2) is 30.7 Å². The van der Waals surface area contributed by atoms with E-state index in [2.05, 4.69) is 10.4 Å². The largest absolute Gasteiger partial charge is 0.418 e. The lowest BCUT2D eigenvalue weighted by Gasteiger charge is -2.20. The SMILES string of the molecule is Cn1cc2cc(-c3cn4cc(C5CCNCC5)nc4s3)cc(C(F)(F)F)c2n1. The van der Waals surface area contributed by atoms with E-state index in [1.54, 1.807) is 19.3 Å². The zero-order valence-corrected chi connectivity index (χ0v) is 15.9. The smallest absolute Gasteiger partial charge is 0.317 e. The summed E-state index contributed by atoms with van der Waals surface area (Å²) in [5.41, 5.74) is 0.875. The van der Waals surface area contributed by atoms with Gasteiger partial charge in [0.2, 0.25) is 0 Å². The number of imidazole rings is 1. The molecule has 0 spiro atoms. The van der Waals surface area contributed by atoms with Crippen LogP contribution in [0.3, 0.4) is 0 Å². The zero-order valence-electron chi connectivity index (χ0n) is 15.1. The summed E-state index contributed by atoms with van der Waals surface area (Å²) in [5, 5.41) is 7.81. The van der Waals surface area contributed by atoms with Gasteiger partial charge in [0.1, 0.15) is 5.52 Å². The van der Waals surface area contributed by atoms with Crippen molar-refractivity contribution >= 4 is 27.2 Å². The van der Waals surface area contributed by atoms with Crippen molar-refractivity contribution in [2.45, 2.75) is 24.9 Å². The lowest BCUT2D eigenvalue weighted by Crippen LogP contribution is -2.26. The molecule has 0 aliphatic carbocycles. The first-order valence-corrected chi connectivity index (χ1v) is 9.94. The standard InChI is InChI=1S/C19H18F3N5S/c1-26-8-13-6-12(7-14(17(13)25-26)19(20,21)22)16-10-27-9-15(24-18(27)28-16)11-2-4-23-5-3-11/h6-11,23H,2-5H2,1H3. The minimum Gasteiger partial charge on any atom is -0.317 e. The Bertz CT molecular complexity index is 1130. The van der Waals surface area contributed by atoms with Crippen LogP contribution in [-0.2, 0) is 13.2 Å². The second-order valence-electron chi connectivity index (χ2n) is 7.24. The van der Waals surface area contributed by atoms with Gasteiger partial charge in [-0.2, -0.15) is 18.3 Å². The van der Waals surface area contributed by atoms with E-state index in [0.717, 1.165) is 41.5 Å². The Balaban J connectivity index is 1.57. The van der Waals surface area contributed by atoms with Crippen LogP contribution in [0, 0.1) is 0 Å². The Hall–Kier alpha value is -2.39. The Kier molecular flexibility index (Phi) is 3.99. The van der Waals surface area contributed by atoms with Crippen molar-refractivity contribution in [3.05, 3.63) is 42.0 Å². The summed E-state index contributed by atoms with van der Waals surface area (Å²) in [6.07, 6.45) is 3.16. The third-order valence-corrected chi connectivity index (χ3v) is 6.29. The second kappa shape index (κ2) is 6.31. The molecule has 0 bridgehead atoms. The van der Waals surface area contributed by atoms with Crippen LogP contribution in [-0.4, -0.2) is 32.3 Å². The topological polar surface area (TPSA) is 47.1 Å². The summed E-state index contributed by atoms with van der Waals surface area (Å²) in [6.45, 7) is 1.98. The third-order valence-electron chi connectivity index (χ3n) is 5.24. The number of nitrogens with zero attached hydrogens (tertiary/aromatic N) is 4. The molecule has 0 unspecified atom stereocenters. The minimum absolute atomic E-state index is 0.0201. The fourth-order valence-corrected chi connectivity index (χ4v) is 4.84. The molecule has 1 aliphatic rings. The molecular weight excluding hydrogens is 387 g/mol. The number of piperidine rings is 1. The molecule has 5 nitrogen and oxygen atoms in total. The predicted octanol–water partition coefficient (Wildman–Crippen LogP) is 4.44. The van der Waals surface area contributed by atoms with E-state index < -0.39 is 11.7 Å². The third kappa shape index (κ3) is 2.98. The fourth-order valence-electron chi connectivity index (χ4n) is 3.87. The van der Waals surface area contributed by atoms with E-state index in [1.807, 2.05) is 16.8 Å². The molecule has 4 aromatic rings. The fraction of sp³-hybridized carbons (Fsp3) is 0.368. The van der Waals surface area contributed by atoms with Crippen molar-refractivity contribution in [2.75, 3.05) is 13.1 Å². The van der Waals surface area contributed by atoms with E-state index in [4.69, 9.17) is 4.98 Å². The van der Waals surface area contributed by atoms with Crippen LogP contribution < -0.4 is 5.32 Å². The quantitative estimate of drug-likeness (QED) is 0.537. The lowest BCUT2D eigenvalue weighted by atomic mass is 9.95. The number of aromatic nitrogens is 4. The predicted molar refractivity (Wildman–Crippen MR) is 103 cm³/mol. The summed E-state index contributed by atoms with van der Waals surface area (Å²) >= 11 is 1.41. The number of rotatable bonds is 2. The summed E-state index contributed by atoms with van der Waals surface area (Å²) in [7, 11) is 1.63. The molecule has 1 aliphatic heterocycles. The molecule has 5 rings (SSSR count). The summed E-state index contributed by atoms with van der Waals surface area (Å²) < 4.78 is 44.0. The maximum absolute atomic E-state index is 13.6. The van der Waals surface area contributed by atoms with Crippen molar-refractivity contribution in [2.24, 2.45) is 7.05 Å². The van der Waals surface area contributed by atoms with Crippen molar-refractivity contribution in [3.63, 3.8) is 0 Å². The number of aryl methyl sites for hydroxylation is 1. The van der Waals surface area contributed by atoms with Crippen LogP contribution >= 0.6 is 11.3 Å². The maximum Gasteiger partial charge on any atom is 0.418 e. The highest BCUT2D eigenvalue weighted by Crippen LogP contribution is 2.39. The molecule has 1 fully saturated rings. The van der Waals surface area contributed by atoms with Gasteiger partial charge in [-0.25, -0.2) is 4.98 Å². The van der Waals surface area contributed by atoms with Crippen molar-refractivity contribution in [1.29, 1.82) is 0 Å². The molecule has 3 aromatic heterocycles. The lowest BCUT2D eigenvalue weighted by molar-refractivity contribution is -0.136. The average molecular weight is 405 g/mol. The van der Waals surface area contributed by atoms with Crippen LogP contribution in [0.5, 0.6) is 0 Å². The van der Waals surface area contributed by atoms with Gasteiger partial charge in [0, 0.05) is 36.9 Å². The van der Waals surface area contributed by atoms with Crippen molar-refractivity contribution in [3.8, 4) is 10.4 Å². The highest BCUT2D eigenvalue weighted by molar-refractivity contribution is 7.20. The number of benzene rings is 1. The molecule has 0 atom stereocenters. The van der Waals surface area contributed by atoms with Gasteiger partial charge in [-0.3, -0.25) is 9.08 Å². The van der Waals surface area contributed by atoms with Gasteiger partial charge in [-0.15, -0.1) is 0 Å². The number of alkyl halides is 3. The van der Waals surface area contributed by atoms with Gasteiger partial charge < -0.3 is 5.32 Å². The first-order valence-electron chi connectivity index (χ1n) is 9.12. The molecule has 0 radical (unpaired) electrons. The van der Waals surface area contributed by atoms with Crippen LogP contribution in [0.4, 0.5) is 13.2 Å². The van der Waals surface area contributed by atoms with Crippen LogP contribution in [0.25, 0.3) is 26.3 Å². The molecule has 1 N–H and O–H groups in total. The van der Waals surface area contributed by atoms with Crippen molar-refractivity contribution in [1.82, 2.24) is 24.5 Å². The monoisotopic (exact) mass is 405 g/mol. The second-order valence-corrected chi connectivity index (χ2v) is 8.25.